The lowest BCUT2D eigenvalue weighted by molar-refractivity contribution is -0.118. The van der Waals surface area contributed by atoms with E-state index in [0.717, 1.165) is 4.47 Å². The van der Waals surface area contributed by atoms with Crippen LogP contribution in [0, 0.1) is 0 Å². The highest BCUT2D eigenvalue weighted by atomic mass is 79.9. The third-order valence-electron chi connectivity index (χ3n) is 2.18. The molecule has 1 rings (SSSR count). The molecule has 0 unspecified atom stereocenters. The van der Waals surface area contributed by atoms with E-state index in [-0.39, 0.29) is 12.5 Å². The van der Waals surface area contributed by atoms with Crippen LogP contribution in [0.5, 0.6) is 0 Å². The number of benzene rings is 1. The number of carbonyl (C=O) groups is 2. The lowest BCUT2D eigenvalue weighted by atomic mass is 10.2. The molecule has 0 atom stereocenters. The predicted molar refractivity (Wildman–Crippen MR) is 72.6 cm³/mol. The molecule has 0 heterocycles. The van der Waals surface area contributed by atoms with Crippen molar-refractivity contribution in [2.45, 2.75) is 6.92 Å². The summed E-state index contributed by atoms with van der Waals surface area (Å²) in [6, 6.07) is 5.25. The summed E-state index contributed by atoms with van der Waals surface area (Å²) in [5.74, 6) is -0.737. The summed E-state index contributed by atoms with van der Waals surface area (Å²) in [5, 5.41) is 0. The molecular formula is C11H12Br2N2O2. The molecule has 0 aliphatic rings. The van der Waals surface area contributed by atoms with Crippen LogP contribution in [0.1, 0.15) is 17.3 Å². The molecule has 0 fully saturated rings. The number of rotatable bonds is 4. The van der Waals surface area contributed by atoms with E-state index in [9.17, 15) is 9.59 Å². The molecule has 1 aromatic carbocycles. The molecule has 0 radical (unpaired) electrons. The largest absolute Gasteiger partial charge is 0.368 e. The van der Waals surface area contributed by atoms with E-state index in [0.29, 0.717) is 16.6 Å². The first-order valence-corrected chi connectivity index (χ1v) is 6.57. The van der Waals surface area contributed by atoms with Crippen LogP contribution in [0.15, 0.2) is 27.1 Å². The summed E-state index contributed by atoms with van der Waals surface area (Å²) in [4.78, 5) is 24.4. The predicted octanol–water partition coefficient (Wildman–Crippen LogP) is 2.16. The Morgan fingerprint density at radius 2 is 2.00 bits per heavy atom. The second-order valence-corrected chi connectivity index (χ2v) is 5.18. The number of hydrogen-bond donors (Lipinski definition) is 1. The smallest absolute Gasteiger partial charge is 0.255 e. The van der Waals surface area contributed by atoms with Crippen molar-refractivity contribution in [3.05, 3.63) is 32.7 Å². The van der Waals surface area contributed by atoms with Crippen LogP contribution in [0.4, 0.5) is 0 Å². The molecule has 0 aliphatic carbocycles. The maximum Gasteiger partial charge on any atom is 0.255 e. The Kier molecular flexibility index (Phi) is 5.14. The Morgan fingerprint density at radius 1 is 1.35 bits per heavy atom. The zero-order chi connectivity index (χ0) is 13.0. The molecule has 2 amide bonds. The van der Waals surface area contributed by atoms with Gasteiger partial charge in [-0.25, -0.2) is 0 Å². The van der Waals surface area contributed by atoms with E-state index in [4.69, 9.17) is 5.73 Å². The van der Waals surface area contributed by atoms with E-state index in [1.54, 1.807) is 25.1 Å². The highest BCUT2D eigenvalue weighted by Crippen LogP contribution is 2.23. The average Bonchev–Trinajstić information content (AvgIpc) is 2.24. The normalized spacial score (nSPS) is 10.1. The standard InChI is InChI=1S/C11H12Br2N2O2/c1-2-15(6-10(14)16)11(17)8-4-3-7(12)5-9(8)13/h3-5H,2,6H2,1H3,(H2,14,16). The lowest BCUT2D eigenvalue weighted by Crippen LogP contribution is -2.38. The van der Waals surface area contributed by atoms with Crippen LogP contribution in [0.3, 0.4) is 0 Å². The molecule has 2 N–H and O–H groups in total. The van der Waals surface area contributed by atoms with Crippen LogP contribution in [0.25, 0.3) is 0 Å². The van der Waals surface area contributed by atoms with Gasteiger partial charge in [0, 0.05) is 15.5 Å². The number of nitrogens with two attached hydrogens (primary N) is 1. The summed E-state index contributed by atoms with van der Waals surface area (Å²) < 4.78 is 1.55. The molecule has 0 aromatic heterocycles. The molecule has 4 nitrogen and oxygen atoms in total. The van der Waals surface area contributed by atoms with Gasteiger partial charge in [-0.3, -0.25) is 9.59 Å². The van der Waals surface area contributed by atoms with Gasteiger partial charge < -0.3 is 10.6 Å². The fourth-order valence-corrected chi connectivity index (χ4v) is 2.57. The van der Waals surface area contributed by atoms with Gasteiger partial charge in [-0.05, 0) is 41.1 Å². The van der Waals surface area contributed by atoms with Crippen molar-refractivity contribution >= 4 is 43.7 Å². The van der Waals surface area contributed by atoms with Crippen molar-refractivity contribution in [1.82, 2.24) is 4.90 Å². The van der Waals surface area contributed by atoms with Crippen LogP contribution < -0.4 is 5.73 Å². The Morgan fingerprint density at radius 3 is 2.47 bits per heavy atom. The summed E-state index contributed by atoms with van der Waals surface area (Å²) in [5.41, 5.74) is 5.61. The van der Waals surface area contributed by atoms with Crippen LogP contribution in [-0.2, 0) is 4.79 Å². The third-order valence-corrected chi connectivity index (χ3v) is 3.33. The van der Waals surface area contributed by atoms with Gasteiger partial charge in [-0.1, -0.05) is 15.9 Å². The number of primary amides is 1. The maximum atomic E-state index is 12.1. The van der Waals surface area contributed by atoms with E-state index in [2.05, 4.69) is 31.9 Å². The highest BCUT2D eigenvalue weighted by molar-refractivity contribution is 9.11. The number of hydrogen-bond acceptors (Lipinski definition) is 2. The Hall–Kier alpha value is -0.880. The first-order chi connectivity index (χ1) is 7.95. The molecule has 0 saturated carbocycles. The van der Waals surface area contributed by atoms with E-state index in [1.165, 1.54) is 4.90 Å². The first kappa shape index (κ1) is 14.2. The minimum Gasteiger partial charge on any atom is -0.368 e. The van der Waals surface area contributed by atoms with Gasteiger partial charge in [0.25, 0.3) is 5.91 Å². The van der Waals surface area contributed by atoms with Gasteiger partial charge >= 0.3 is 0 Å². The molecule has 1 aromatic rings. The molecule has 17 heavy (non-hydrogen) atoms. The van der Waals surface area contributed by atoms with Crippen LogP contribution in [0.2, 0.25) is 0 Å². The number of carbonyl (C=O) groups excluding carboxylic acids is 2. The maximum absolute atomic E-state index is 12.1. The van der Waals surface area contributed by atoms with Gasteiger partial charge in [-0.2, -0.15) is 0 Å². The second-order valence-electron chi connectivity index (χ2n) is 3.41. The van der Waals surface area contributed by atoms with Crippen LogP contribution >= 0.6 is 31.9 Å². The first-order valence-electron chi connectivity index (χ1n) is 4.98. The van der Waals surface area contributed by atoms with Crippen molar-refractivity contribution < 1.29 is 9.59 Å². The SMILES string of the molecule is CCN(CC(N)=O)C(=O)c1ccc(Br)cc1Br. The minimum absolute atomic E-state index is 0.0716. The topological polar surface area (TPSA) is 63.4 Å². The molecule has 92 valence electrons. The van der Waals surface area contributed by atoms with E-state index in [1.807, 2.05) is 0 Å². The lowest BCUT2D eigenvalue weighted by Gasteiger charge is -2.19. The summed E-state index contributed by atoms with van der Waals surface area (Å²) in [6.45, 7) is 2.16. The zero-order valence-electron chi connectivity index (χ0n) is 9.24. The minimum atomic E-state index is -0.520. The Labute approximate surface area is 116 Å². The van der Waals surface area contributed by atoms with Crippen molar-refractivity contribution in [3.8, 4) is 0 Å². The number of nitrogens with zero attached hydrogens (tertiary/aromatic N) is 1. The zero-order valence-corrected chi connectivity index (χ0v) is 12.4. The average molecular weight is 364 g/mol. The molecule has 0 aliphatic heterocycles. The second kappa shape index (κ2) is 6.16. The summed E-state index contributed by atoms with van der Waals surface area (Å²) in [7, 11) is 0. The number of likely N-dealkylation sites (N-methyl/N-ethyl adjacent to an activating group) is 1. The summed E-state index contributed by atoms with van der Waals surface area (Å²) >= 11 is 6.63. The van der Waals surface area contributed by atoms with Gasteiger partial charge in [0.05, 0.1) is 12.1 Å². The Bertz CT molecular complexity index is 449. The number of amides is 2. The van der Waals surface area contributed by atoms with Crippen molar-refractivity contribution in [3.63, 3.8) is 0 Å². The van der Waals surface area contributed by atoms with Crippen molar-refractivity contribution in [2.75, 3.05) is 13.1 Å². The highest BCUT2D eigenvalue weighted by Gasteiger charge is 2.18. The van der Waals surface area contributed by atoms with Gasteiger partial charge in [0.15, 0.2) is 0 Å². The quantitative estimate of drug-likeness (QED) is 0.890. The molecule has 6 heteroatoms. The molecule has 0 saturated heterocycles. The third kappa shape index (κ3) is 3.81. The van der Waals surface area contributed by atoms with Crippen molar-refractivity contribution in [1.29, 1.82) is 0 Å². The molecule has 0 bridgehead atoms. The van der Waals surface area contributed by atoms with Gasteiger partial charge in [-0.15, -0.1) is 0 Å². The van der Waals surface area contributed by atoms with Gasteiger partial charge in [0.2, 0.25) is 5.91 Å². The van der Waals surface area contributed by atoms with E-state index < -0.39 is 5.91 Å². The van der Waals surface area contributed by atoms with Crippen molar-refractivity contribution in [2.24, 2.45) is 5.73 Å². The van der Waals surface area contributed by atoms with Gasteiger partial charge in [0.1, 0.15) is 0 Å². The molecule has 0 spiro atoms. The Balaban J connectivity index is 2.97. The fraction of sp³-hybridized carbons (Fsp3) is 0.273. The van der Waals surface area contributed by atoms with E-state index >= 15 is 0 Å². The monoisotopic (exact) mass is 362 g/mol. The van der Waals surface area contributed by atoms with Crippen LogP contribution in [-0.4, -0.2) is 29.8 Å². The summed E-state index contributed by atoms with van der Waals surface area (Å²) in [6.07, 6.45) is 0. The molecular weight excluding hydrogens is 352 g/mol. The fourth-order valence-electron chi connectivity index (χ4n) is 1.35. The number of halogens is 2.